The largest absolute Gasteiger partial charge is 0.486 e. The van der Waals surface area contributed by atoms with E-state index in [1.54, 1.807) is 0 Å². The van der Waals surface area contributed by atoms with Crippen LogP contribution in [0, 0.1) is 5.92 Å². The highest BCUT2D eigenvalue weighted by Crippen LogP contribution is 2.41. The molecule has 0 saturated heterocycles. The standard InChI is InChI=1S/C21H29NO4/c23-20(22-14-21(24)9-3-4-10-21)19(15-5-1-2-6-15)16-7-8-17-18(13-16)26-12-11-25-17/h7-8,13,15,19,24H,1-6,9-12,14H2,(H,22,23). The molecule has 2 N–H and O–H groups in total. The Labute approximate surface area is 155 Å². The molecule has 3 aliphatic rings. The molecule has 26 heavy (non-hydrogen) atoms. The van der Waals surface area contributed by atoms with Crippen molar-refractivity contribution < 1.29 is 19.4 Å². The first kappa shape index (κ1) is 17.7. The Morgan fingerprint density at radius 2 is 1.81 bits per heavy atom. The molecule has 0 spiro atoms. The highest BCUT2D eigenvalue weighted by Gasteiger charge is 2.36. The summed E-state index contributed by atoms with van der Waals surface area (Å²) < 4.78 is 11.3. The molecular formula is C21H29NO4. The zero-order valence-electron chi connectivity index (χ0n) is 15.3. The molecule has 1 aromatic rings. The van der Waals surface area contributed by atoms with Gasteiger partial charge < -0.3 is 19.9 Å². The fraction of sp³-hybridized carbons (Fsp3) is 0.667. The highest BCUT2D eigenvalue weighted by molar-refractivity contribution is 5.84. The third-order valence-corrected chi connectivity index (χ3v) is 6.20. The lowest BCUT2D eigenvalue weighted by Gasteiger charge is -2.28. The number of carbonyl (C=O) groups excluding carboxylic acids is 1. The number of nitrogens with one attached hydrogen (secondary N) is 1. The van der Waals surface area contributed by atoms with Gasteiger partial charge in [0, 0.05) is 6.54 Å². The molecule has 2 aliphatic carbocycles. The number of amides is 1. The summed E-state index contributed by atoms with van der Waals surface area (Å²) in [4.78, 5) is 13.1. The van der Waals surface area contributed by atoms with Crippen LogP contribution in [0.25, 0.3) is 0 Å². The van der Waals surface area contributed by atoms with Crippen molar-refractivity contribution >= 4 is 5.91 Å². The molecule has 1 amide bonds. The zero-order chi connectivity index (χ0) is 18.0. The minimum atomic E-state index is -0.720. The van der Waals surface area contributed by atoms with Crippen molar-refractivity contribution in [2.45, 2.75) is 62.9 Å². The molecular weight excluding hydrogens is 330 g/mol. The molecule has 0 aromatic heterocycles. The van der Waals surface area contributed by atoms with Gasteiger partial charge >= 0.3 is 0 Å². The minimum Gasteiger partial charge on any atom is -0.486 e. The van der Waals surface area contributed by atoms with Crippen LogP contribution < -0.4 is 14.8 Å². The summed E-state index contributed by atoms with van der Waals surface area (Å²) in [6.45, 7) is 1.47. The maximum Gasteiger partial charge on any atom is 0.227 e. The Kier molecular flexibility index (Phi) is 5.07. The van der Waals surface area contributed by atoms with E-state index in [9.17, 15) is 9.90 Å². The molecule has 0 bridgehead atoms. The SMILES string of the molecule is O=C(NCC1(O)CCCC1)C(c1ccc2c(c1)OCCO2)C1CCCC1. The first-order valence-corrected chi connectivity index (χ1v) is 10.0. The van der Waals surface area contributed by atoms with E-state index < -0.39 is 5.60 Å². The summed E-state index contributed by atoms with van der Waals surface area (Å²) in [5, 5.41) is 13.6. The number of carbonyl (C=O) groups is 1. The van der Waals surface area contributed by atoms with Crippen molar-refractivity contribution in [2.24, 2.45) is 5.92 Å². The number of ether oxygens (including phenoxy) is 2. The number of hydrogen-bond acceptors (Lipinski definition) is 4. The Morgan fingerprint density at radius 3 is 2.54 bits per heavy atom. The lowest BCUT2D eigenvalue weighted by Crippen LogP contribution is -2.43. The van der Waals surface area contributed by atoms with Crippen LogP contribution >= 0.6 is 0 Å². The minimum absolute atomic E-state index is 0.0360. The average molecular weight is 359 g/mol. The van der Waals surface area contributed by atoms with Crippen LogP contribution in [0.3, 0.4) is 0 Å². The molecule has 5 heteroatoms. The topological polar surface area (TPSA) is 67.8 Å². The van der Waals surface area contributed by atoms with Gasteiger partial charge in [-0.15, -0.1) is 0 Å². The van der Waals surface area contributed by atoms with Gasteiger partial charge in [0.2, 0.25) is 5.91 Å². The second-order valence-corrected chi connectivity index (χ2v) is 8.07. The second-order valence-electron chi connectivity index (χ2n) is 8.07. The zero-order valence-corrected chi connectivity index (χ0v) is 15.3. The van der Waals surface area contributed by atoms with Gasteiger partial charge in [0.1, 0.15) is 13.2 Å². The van der Waals surface area contributed by atoms with E-state index in [0.29, 0.717) is 25.7 Å². The summed E-state index contributed by atoms with van der Waals surface area (Å²) >= 11 is 0. The van der Waals surface area contributed by atoms with Crippen molar-refractivity contribution in [3.05, 3.63) is 23.8 Å². The van der Waals surface area contributed by atoms with Crippen LogP contribution in [0.1, 0.15) is 62.8 Å². The molecule has 1 atom stereocenters. The summed E-state index contributed by atoms with van der Waals surface area (Å²) in [7, 11) is 0. The lowest BCUT2D eigenvalue weighted by atomic mass is 9.83. The number of benzene rings is 1. The van der Waals surface area contributed by atoms with Crippen LogP contribution in [0.2, 0.25) is 0 Å². The predicted molar refractivity (Wildman–Crippen MR) is 98.6 cm³/mol. The Balaban J connectivity index is 1.53. The summed E-state index contributed by atoms with van der Waals surface area (Å²) in [6, 6.07) is 5.89. The van der Waals surface area contributed by atoms with Crippen LogP contribution in [0.4, 0.5) is 0 Å². The van der Waals surface area contributed by atoms with Crippen molar-refractivity contribution in [3.63, 3.8) is 0 Å². The first-order chi connectivity index (χ1) is 12.6. The van der Waals surface area contributed by atoms with Gasteiger partial charge in [0.15, 0.2) is 11.5 Å². The van der Waals surface area contributed by atoms with Gasteiger partial charge in [-0.25, -0.2) is 0 Å². The molecule has 2 fully saturated rings. The van der Waals surface area contributed by atoms with Gasteiger partial charge in [-0.2, -0.15) is 0 Å². The highest BCUT2D eigenvalue weighted by atomic mass is 16.6. The fourth-order valence-electron chi connectivity index (χ4n) is 4.75. The van der Waals surface area contributed by atoms with Gasteiger partial charge in [0.25, 0.3) is 0 Å². The van der Waals surface area contributed by atoms with Gasteiger partial charge in [-0.3, -0.25) is 4.79 Å². The molecule has 2 saturated carbocycles. The van der Waals surface area contributed by atoms with E-state index >= 15 is 0 Å². The van der Waals surface area contributed by atoms with Crippen molar-refractivity contribution in [2.75, 3.05) is 19.8 Å². The second kappa shape index (κ2) is 7.47. The van der Waals surface area contributed by atoms with Crippen LogP contribution in [-0.2, 0) is 4.79 Å². The smallest absolute Gasteiger partial charge is 0.227 e. The monoisotopic (exact) mass is 359 g/mol. The van der Waals surface area contributed by atoms with Crippen molar-refractivity contribution in [1.82, 2.24) is 5.32 Å². The molecule has 1 aliphatic heterocycles. The van der Waals surface area contributed by atoms with Crippen LogP contribution in [0.5, 0.6) is 11.5 Å². The van der Waals surface area contributed by atoms with Crippen LogP contribution in [0.15, 0.2) is 18.2 Å². The van der Waals surface area contributed by atoms with Crippen molar-refractivity contribution in [1.29, 1.82) is 0 Å². The van der Waals surface area contributed by atoms with E-state index in [0.717, 1.165) is 55.6 Å². The summed E-state index contributed by atoms with van der Waals surface area (Å²) in [6.07, 6.45) is 8.18. The molecule has 5 nitrogen and oxygen atoms in total. The van der Waals surface area contributed by atoms with Gasteiger partial charge in [-0.05, 0) is 49.3 Å². The number of fused-ring (bicyclic) bond motifs is 1. The van der Waals surface area contributed by atoms with E-state index in [2.05, 4.69) is 5.32 Å². The maximum absolute atomic E-state index is 13.1. The maximum atomic E-state index is 13.1. The van der Waals surface area contributed by atoms with E-state index in [-0.39, 0.29) is 11.8 Å². The van der Waals surface area contributed by atoms with Crippen molar-refractivity contribution in [3.8, 4) is 11.5 Å². The molecule has 4 rings (SSSR count). The first-order valence-electron chi connectivity index (χ1n) is 10.0. The number of rotatable bonds is 5. The fourth-order valence-corrected chi connectivity index (χ4v) is 4.75. The quantitative estimate of drug-likeness (QED) is 0.847. The summed E-state index contributed by atoms with van der Waals surface area (Å²) in [5.74, 6) is 1.70. The molecule has 0 radical (unpaired) electrons. The molecule has 1 aromatic carbocycles. The third-order valence-electron chi connectivity index (χ3n) is 6.20. The number of hydrogen-bond donors (Lipinski definition) is 2. The third kappa shape index (κ3) is 3.68. The summed E-state index contributed by atoms with van der Waals surface area (Å²) in [5.41, 5.74) is 0.278. The Morgan fingerprint density at radius 1 is 1.12 bits per heavy atom. The molecule has 142 valence electrons. The average Bonchev–Trinajstić information content (AvgIpc) is 3.33. The lowest BCUT2D eigenvalue weighted by molar-refractivity contribution is -0.125. The van der Waals surface area contributed by atoms with Gasteiger partial charge in [-0.1, -0.05) is 31.7 Å². The number of aliphatic hydroxyl groups is 1. The van der Waals surface area contributed by atoms with E-state index in [1.807, 2.05) is 18.2 Å². The Hall–Kier alpha value is -1.75. The van der Waals surface area contributed by atoms with Crippen LogP contribution in [-0.4, -0.2) is 36.4 Å². The van der Waals surface area contributed by atoms with E-state index in [4.69, 9.17) is 9.47 Å². The Bertz CT molecular complexity index is 647. The predicted octanol–water partition coefficient (Wildman–Crippen LogP) is 3.15. The normalized spacial score (nSPS) is 23.0. The van der Waals surface area contributed by atoms with E-state index in [1.165, 1.54) is 12.8 Å². The molecule has 1 heterocycles. The molecule has 1 unspecified atom stereocenters. The van der Waals surface area contributed by atoms with Gasteiger partial charge in [0.05, 0.1) is 11.5 Å².